The minimum atomic E-state index is -0.711. The van der Waals surface area contributed by atoms with E-state index < -0.39 is 5.97 Å². The fraction of sp³-hybridized carbons (Fsp3) is 0.636. The van der Waals surface area contributed by atoms with E-state index in [0.29, 0.717) is 12.8 Å². The zero-order chi connectivity index (χ0) is 19.9. The number of unbranched alkanes of at least 4 members (excludes halogenated alkanes) is 5. The number of allylic oxidation sites excluding steroid dienone is 6. The monoisotopic (exact) mass is 365 g/mol. The zero-order valence-corrected chi connectivity index (χ0v) is 16.8. The minimum Gasteiger partial charge on any atom is -0.481 e. The summed E-state index contributed by atoms with van der Waals surface area (Å²) >= 11 is 0. The summed E-state index contributed by atoms with van der Waals surface area (Å²) in [7, 11) is 0. The third-order valence-electron chi connectivity index (χ3n) is 3.53. The van der Waals surface area contributed by atoms with E-state index in [-0.39, 0.29) is 5.91 Å². The van der Waals surface area contributed by atoms with Crippen LogP contribution >= 0.6 is 0 Å². The Hall–Kier alpha value is -1.84. The van der Waals surface area contributed by atoms with Gasteiger partial charge in [-0.05, 0) is 51.4 Å². The molecule has 4 heteroatoms. The molecule has 0 atom stereocenters. The van der Waals surface area contributed by atoms with Crippen molar-refractivity contribution >= 4 is 11.9 Å². The second-order valence-corrected chi connectivity index (χ2v) is 6.24. The molecule has 0 aromatic carbocycles. The molecule has 0 aromatic heterocycles. The maximum atomic E-state index is 10.5. The van der Waals surface area contributed by atoms with Crippen molar-refractivity contribution in [2.24, 2.45) is 5.73 Å². The van der Waals surface area contributed by atoms with E-state index in [1.54, 1.807) is 0 Å². The van der Waals surface area contributed by atoms with Gasteiger partial charge in [0.05, 0.1) is 0 Å². The summed E-state index contributed by atoms with van der Waals surface area (Å²) in [5.74, 6) is -0.905. The largest absolute Gasteiger partial charge is 0.481 e. The van der Waals surface area contributed by atoms with Crippen LogP contribution in [-0.2, 0) is 9.59 Å². The van der Waals surface area contributed by atoms with Crippen molar-refractivity contribution in [3.05, 3.63) is 36.5 Å². The van der Waals surface area contributed by atoms with Crippen molar-refractivity contribution in [1.82, 2.24) is 0 Å². The maximum Gasteiger partial charge on any atom is 0.303 e. The van der Waals surface area contributed by atoms with E-state index in [1.807, 2.05) is 6.92 Å². The third kappa shape index (κ3) is 30.1. The highest BCUT2D eigenvalue weighted by molar-refractivity contribution is 5.73. The summed E-state index contributed by atoms with van der Waals surface area (Å²) in [4.78, 5) is 20.1. The van der Waals surface area contributed by atoms with Gasteiger partial charge in [-0.1, -0.05) is 63.1 Å². The smallest absolute Gasteiger partial charge is 0.303 e. The van der Waals surface area contributed by atoms with Crippen LogP contribution in [0, 0.1) is 0 Å². The SMILES string of the molecule is CCCC(=O)O.CCCCC/C=C\C/C=C\C/C=C\CCCCC(N)=O. The van der Waals surface area contributed by atoms with Gasteiger partial charge in [0.1, 0.15) is 0 Å². The standard InChI is InChI=1S/C18H31NO.C4H8O2/c1-2-3-4-5-6-7-8-9-10-11-12-13-14-15-16-17-18(19)20;1-2-3-4(5)6/h6-7,9-10,12-13H,2-5,8,11,14-17H2,1H3,(H2,19,20);2-3H2,1H3,(H,5,6)/b7-6-,10-9-,13-12-;. The van der Waals surface area contributed by atoms with E-state index in [4.69, 9.17) is 10.8 Å². The number of rotatable bonds is 15. The molecule has 0 aliphatic rings. The molecule has 0 radical (unpaired) electrons. The predicted molar refractivity (Wildman–Crippen MR) is 111 cm³/mol. The summed E-state index contributed by atoms with van der Waals surface area (Å²) in [6, 6.07) is 0. The van der Waals surface area contributed by atoms with Gasteiger partial charge in [0, 0.05) is 12.8 Å². The lowest BCUT2D eigenvalue weighted by molar-refractivity contribution is -0.137. The molecule has 0 bridgehead atoms. The number of carboxylic acid groups (broad SMARTS) is 1. The van der Waals surface area contributed by atoms with Crippen LogP contribution < -0.4 is 5.73 Å². The van der Waals surface area contributed by atoms with Crippen LogP contribution in [0.5, 0.6) is 0 Å². The summed E-state index contributed by atoms with van der Waals surface area (Å²) < 4.78 is 0. The van der Waals surface area contributed by atoms with Crippen LogP contribution in [0.15, 0.2) is 36.5 Å². The van der Waals surface area contributed by atoms with E-state index in [9.17, 15) is 9.59 Å². The molecule has 0 saturated carbocycles. The predicted octanol–water partition coefficient (Wildman–Crippen LogP) is 5.93. The first kappa shape index (κ1) is 26.4. The lowest BCUT2D eigenvalue weighted by Gasteiger charge is -1.93. The van der Waals surface area contributed by atoms with Crippen molar-refractivity contribution in [3.63, 3.8) is 0 Å². The van der Waals surface area contributed by atoms with Crippen molar-refractivity contribution in [3.8, 4) is 0 Å². The Labute approximate surface area is 160 Å². The van der Waals surface area contributed by atoms with Gasteiger partial charge >= 0.3 is 5.97 Å². The van der Waals surface area contributed by atoms with E-state index >= 15 is 0 Å². The second kappa shape index (κ2) is 23.2. The average molecular weight is 366 g/mol. The Kier molecular flexibility index (Phi) is 23.5. The van der Waals surface area contributed by atoms with Gasteiger partial charge < -0.3 is 10.8 Å². The van der Waals surface area contributed by atoms with Crippen molar-refractivity contribution in [2.45, 2.75) is 90.9 Å². The maximum absolute atomic E-state index is 10.5. The topological polar surface area (TPSA) is 80.4 Å². The summed E-state index contributed by atoms with van der Waals surface area (Å²) in [6.45, 7) is 4.08. The van der Waals surface area contributed by atoms with Crippen LogP contribution in [0.4, 0.5) is 0 Å². The summed E-state index contributed by atoms with van der Waals surface area (Å²) in [6.07, 6.45) is 25.1. The zero-order valence-electron chi connectivity index (χ0n) is 16.8. The van der Waals surface area contributed by atoms with Gasteiger partial charge in [0.25, 0.3) is 0 Å². The Morgan fingerprint density at radius 1 is 0.731 bits per heavy atom. The summed E-state index contributed by atoms with van der Waals surface area (Å²) in [5, 5.41) is 7.91. The second-order valence-electron chi connectivity index (χ2n) is 6.24. The molecular weight excluding hydrogens is 326 g/mol. The number of hydrogen-bond donors (Lipinski definition) is 2. The van der Waals surface area contributed by atoms with Gasteiger partial charge in [-0.25, -0.2) is 0 Å². The lowest BCUT2D eigenvalue weighted by atomic mass is 10.1. The van der Waals surface area contributed by atoms with Crippen LogP contribution in [0.1, 0.15) is 90.9 Å². The van der Waals surface area contributed by atoms with E-state index in [0.717, 1.165) is 38.5 Å². The van der Waals surface area contributed by atoms with Crippen molar-refractivity contribution in [1.29, 1.82) is 0 Å². The molecule has 0 aromatic rings. The molecule has 0 saturated heterocycles. The molecule has 0 aliphatic carbocycles. The number of aliphatic carboxylic acids is 1. The van der Waals surface area contributed by atoms with Gasteiger partial charge in [0.15, 0.2) is 0 Å². The van der Waals surface area contributed by atoms with E-state index in [1.165, 1.54) is 25.7 Å². The third-order valence-corrected chi connectivity index (χ3v) is 3.53. The van der Waals surface area contributed by atoms with Gasteiger partial charge in [-0.3, -0.25) is 9.59 Å². The molecule has 3 N–H and O–H groups in total. The first-order valence-electron chi connectivity index (χ1n) is 9.99. The number of primary amides is 1. The molecule has 0 heterocycles. The molecule has 0 fully saturated rings. The van der Waals surface area contributed by atoms with Crippen LogP contribution in [0.25, 0.3) is 0 Å². The van der Waals surface area contributed by atoms with Crippen LogP contribution in [0.3, 0.4) is 0 Å². The first-order chi connectivity index (χ1) is 12.5. The number of nitrogens with two attached hydrogens (primary N) is 1. The Balaban J connectivity index is 0. The highest BCUT2D eigenvalue weighted by atomic mass is 16.4. The van der Waals surface area contributed by atoms with Crippen molar-refractivity contribution < 1.29 is 14.7 Å². The first-order valence-corrected chi connectivity index (χ1v) is 9.99. The highest BCUT2D eigenvalue weighted by Gasteiger charge is 1.91. The van der Waals surface area contributed by atoms with Crippen molar-refractivity contribution in [2.75, 3.05) is 0 Å². The molecule has 4 nitrogen and oxygen atoms in total. The number of hydrogen-bond acceptors (Lipinski definition) is 2. The molecule has 26 heavy (non-hydrogen) atoms. The Morgan fingerprint density at radius 3 is 1.62 bits per heavy atom. The number of amides is 1. The Morgan fingerprint density at radius 2 is 1.23 bits per heavy atom. The van der Waals surface area contributed by atoms with Gasteiger partial charge in [-0.15, -0.1) is 0 Å². The normalized spacial score (nSPS) is 11.2. The minimum absolute atomic E-state index is 0.195. The molecule has 150 valence electrons. The Bertz CT molecular complexity index is 412. The number of carbonyl (C=O) groups excluding carboxylic acids is 1. The fourth-order valence-corrected chi connectivity index (χ4v) is 2.07. The number of carboxylic acids is 1. The molecular formula is C22H39NO3. The lowest BCUT2D eigenvalue weighted by Crippen LogP contribution is -2.09. The molecule has 1 amide bonds. The van der Waals surface area contributed by atoms with Crippen LogP contribution in [-0.4, -0.2) is 17.0 Å². The molecule has 0 spiro atoms. The quantitative estimate of drug-likeness (QED) is 0.279. The molecule has 0 aliphatic heterocycles. The van der Waals surface area contributed by atoms with Crippen LogP contribution in [0.2, 0.25) is 0 Å². The number of carbonyl (C=O) groups is 2. The summed E-state index contributed by atoms with van der Waals surface area (Å²) in [5.41, 5.74) is 5.08. The highest BCUT2D eigenvalue weighted by Crippen LogP contribution is 2.02. The van der Waals surface area contributed by atoms with Gasteiger partial charge in [-0.2, -0.15) is 0 Å². The van der Waals surface area contributed by atoms with Gasteiger partial charge in [0.2, 0.25) is 5.91 Å². The molecule has 0 rings (SSSR count). The average Bonchev–Trinajstić information content (AvgIpc) is 2.58. The molecule has 0 unspecified atom stereocenters. The fourth-order valence-electron chi connectivity index (χ4n) is 2.07. The van der Waals surface area contributed by atoms with E-state index in [2.05, 4.69) is 43.4 Å².